The van der Waals surface area contributed by atoms with Crippen molar-refractivity contribution in [2.75, 3.05) is 5.32 Å². The van der Waals surface area contributed by atoms with Crippen LogP contribution in [0.2, 0.25) is 0 Å². The van der Waals surface area contributed by atoms with E-state index >= 15 is 0 Å². The Morgan fingerprint density at radius 2 is 1.79 bits per heavy atom. The standard InChI is InChI=1S/C23H19N3O3/c1-16-5-4-7-20(13-16)29-19-11-9-18(10-12-19)25-22(27)15-26-23(28)21-8-3-2-6-17(21)14-24-26/h2-14H,15H2,1H3,(H,25,27). The number of aryl methyl sites for hydroxylation is 1. The van der Waals surface area contributed by atoms with E-state index in [1.165, 1.54) is 0 Å². The van der Waals surface area contributed by atoms with Gasteiger partial charge in [0.05, 0.1) is 11.6 Å². The van der Waals surface area contributed by atoms with Crippen LogP contribution in [0.25, 0.3) is 10.8 Å². The molecule has 0 aliphatic carbocycles. The molecule has 0 unspecified atom stereocenters. The molecule has 6 nitrogen and oxygen atoms in total. The maximum Gasteiger partial charge on any atom is 0.275 e. The second kappa shape index (κ2) is 7.98. The van der Waals surface area contributed by atoms with Gasteiger partial charge in [-0.2, -0.15) is 5.10 Å². The van der Waals surface area contributed by atoms with Crippen LogP contribution in [-0.2, 0) is 11.3 Å². The molecule has 3 aromatic carbocycles. The molecule has 0 spiro atoms. The number of ether oxygens (including phenoxy) is 1. The van der Waals surface area contributed by atoms with E-state index in [1.807, 2.05) is 43.3 Å². The monoisotopic (exact) mass is 385 g/mol. The van der Waals surface area contributed by atoms with Gasteiger partial charge < -0.3 is 10.1 Å². The van der Waals surface area contributed by atoms with Gasteiger partial charge in [-0.3, -0.25) is 9.59 Å². The van der Waals surface area contributed by atoms with Gasteiger partial charge >= 0.3 is 0 Å². The van der Waals surface area contributed by atoms with Gasteiger partial charge in [0.2, 0.25) is 5.91 Å². The highest BCUT2D eigenvalue weighted by molar-refractivity contribution is 5.90. The van der Waals surface area contributed by atoms with Crippen LogP contribution in [0.3, 0.4) is 0 Å². The number of hydrogen-bond donors (Lipinski definition) is 1. The van der Waals surface area contributed by atoms with Crippen LogP contribution in [-0.4, -0.2) is 15.7 Å². The first-order valence-electron chi connectivity index (χ1n) is 9.18. The second-order valence-corrected chi connectivity index (χ2v) is 6.69. The van der Waals surface area contributed by atoms with Crippen LogP contribution in [0.4, 0.5) is 5.69 Å². The van der Waals surface area contributed by atoms with Crippen LogP contribution < -0.4 is 15.6 Å². The summed E-state index contributed by atoms with van der Waals surface area (Å²) < 4.78 is 6.96. The van der Waals surface area contributed by atoms with Crippen molar-refractivity contribution in [2.45, 2.75) is 13.5 Å². The van der Waals surface area contributed by atoms with Gasteiger partial charge in [-0.15, -0.1) is 0 Å². The van der Waals surface area contributed by atoms with E-state index in [9.17, 15) is 9.59 Å². The summed E-state index contributed by atoms with van der Waals surface area (Å²) in [6, 6.07) is 22.0. The number of benzene rings is 3. The number of nitrogens with zero attached hydrogens (tertiary/aromatic N) is 2. The maximum absolute atomic E-state index is 12.5. The van der Waals surface area contributed by atoms with Crippen LogP contribution in [0.5, 0.6) is 11.5 Å². The van der Waals surface area contributed by atoms with Crippen molar-refractivity contribution < 1.29 is 9.53 Å². The van der Waals surface area contributed by atoms with Crippen LogP contribution >= 0.6 is 0 Å². The third kappa shape index (κ3) is 4.32. The number of nitrogens with one attached hydrogen (secondary N) is 1. The Kier molecular flexibility index (Phi) is 5.07. The zero-order chi connectivity index (χ0) is 20.2. The van der Waals surface area contributed by atoms with Crippen molar-refractivity contribution >= 4 is 22.4 Å². The number of amides is 1. The summed E-state index contributed by atoms with van der Waals surface area (Å²) in [5.41, 5.74) is 1.43. The van der Waals surface area contributed by atoms with Gasteiger partial charge in [0.1, 0.15) is 18.0 Å². The Hall–Kier alpha value is -3.93. The quantitative estimate of drug-likeness (QED) is 0.560. The zero-order valence-electron chi connectivity index (χ0n) is 15.8. The average Bonchev–Trinajstić information content (AvgIpc) is 2.72. The highest BCUT2D eigenvalue weighted by Gasteiger charge is 2.09. The molecule has 0 radical (unpaired) electrons. The fourth-order valence-electron chi connectivity index (χ4n) is 3.00. The Balaban J connectivity index is 1.42. The maximum atomic E-state index is 12.5. The lowest BCUT2D eigenvalue weighted by Gasteiger charge is -2.09. The van der Waals surface area contributed by atoms with Crippen LogP contribution in [0.15, 0.2) is 83.8 Å². The van der Waals surface area contributed by atoms with Crippen molar-refractivity contribution in [2.24, 2.45) is 0 Å². The summed E-state index contributed by atoms with van der Waals surface area (Å²) in [5, 5.41) is 8.13. The van der Waals surface area contributed by atoms with Crippen molar-refractivity contribution in [1.29, 1.82) is 0 Å². The zero-order valence-corrected chi connectivity index (χ0v) is 15.8. The van der Waals surface area contributed by atoms with Gasteiger partial charge in [-0.25, -0.2) is 4.68 Å². The topological polar surface area (TPSA) is 73.2 Å². The summed E-state index contributed by atoms with van der Waals surface area (Å²) in [6.45, 7) is 1.84. The first kappa shape index (κ1) is 18.4. The van der Waals surface area contributed by atoms with Gasteiger partial charge in [0.15, 0.2) is 0 Å². The molecule has 1 N–H and O–H groups in total. The summed E-state index contributed by atoms with van der Waals surface area (Å²) in [7, 11) is 0. The Labute approximate surface area is 167 Å². The van der Waals surface area contributed by atoms with Gasteiger partial charge in [-0.1, -0.05) is 30.3 Å². The van der Waals surface area contributed by atoms with E-state index in [0.717, 1.165) is 21.4 Å². The summed E-state index contributed by atoms with van der Waals surface area (Å²) in [4.78, 5) is 24.8. The number of rotatable bonds is 5. The molecule has 29 heavy (non-hydrogen) atoms. The minimum absolute atomic E-state index is 0.161. The third-order valence-corrected chi connectivity index (χ3v) is 4.42. The number of carbonyl (C=O) groups excluding carboxylic acids is 1. The number of fused-ring (bicyclic) bond motifs is 1. The van der Waals surface area contributed by atoms with Gasteiger partial charge in [0.25, 0.3) is 5.56 Å². The third-order valence-electron chi connectivity index (χ3n) is 4.42. The van der Waals surface area contributed by atoms with E-state index < -0.39 is 0 Å². The molecule has 4 rings (SSSR count). The molecular weight excluding hydrogens is 366 g/mol. The molecule has 4 aromatic rings. The first-order chi connectivity index (χ1) is 14.1. The van der Waals surface area contributed by atoms with Gasteiger partial charge in [-0.05, 0) is 55.0 Å². The Morgan fingerprint density at radius 1 is 1.00 bits per heavy atom. The lowest BCUT2D eigenvalue weighted by atomic mass is 10.2. The Bertz CT molecular complexity index is 1230. The molecule has 0 saturated heterocycles. The molecule has 0 fully saturated rings. The smallest absolute Gasteiger partial charge is 0.275 e. The summed E-state index contributed by atoms with van der Waals surface area (Å²) >= 11 is 0. The molecule has 0 aliphatic heterocycles. The normalized spacial score (nSPS) is 10.7. The van der Waals surface area contributed by atoms with Crippen molar-refractivity contribution in [1.82, 2.24) is 9.78 Å². The highest BCUT2D eigenvalue weighted by atomic mass is 16.5. The SMILES string of the molecule is Cc1cccc(Oc2ccc(NC(=O)Cn3ncc4ccccc4c3=O)cc2)c1. The van der Waals surface area contributed by atoms with E-state index in [0.29, 0.717) is 16.8 Å². The summed E-state index contributed by atoms with van der Waals surface area (Å²) in [6.07, 6.45) is 1.58. The number of carbonyl (C=O) groups is 1. The average molecular weight is 385 g/mol. The van der Waals surface area contributed by atoms with E-state index in [-0.39, 0.29) is 18.0 Å². The number of hydrogen-bond acceptors (Lipinski definition) is 4. The molecular formula is C23H19N3O3. The molecule has 6 heteroatoms. The fourth-order valence-corrected chi connectivity index (χ4v) is 3.00. The molecule has 0 aliphatic rings. The number of aromatic nitrogens is 2. The first-order valence-corrected chi connectivity index (χ1v) is 9.18. The van der Waals surface area contributed by atoms with E-state index in [4.69, 9.17) is 4.74 Å². The fraction of sp³-hybridized carbons (Fsp3) is 0.0870. The molecule has 0 bridgehead atoms. The second-order valence-electron chi connectivity index (χ2n) is 6.69. The molecule has 1 amide bonds. The largest absolute Gasteiger partial charge is 0.457 e. The van der Waals surface area contributed by atoms with Crippen molar-refractivity contribution in [3.63, 3.8) is 0 Å². The molecule has 1 aromatic heterocycles. The summed E-state index contributed by atoms with van der Waals surface area (Å²) in [5.74, 6) is 1.09. The van der Waals surface area contributed by atoms with Crippen molar-refractivity contribution in [3.05, 3.63) is 94.9 Å². The highest BCUT2D eigenvalue weighted by Crippen LogP contribution is 2.23. The van der Waals surface area contributed by atoms with E-state index in [2.05, 4.69) is 10.4 Å². The van der Waals surface area contributed by atoms with E-state index in [1.54, 1.807) is 42.6 Å². The molecule has 0 atom stereocenters. The predicted molar refractivity (Wildman–Crippen MR) is 112 cm³/mol. The van der Waals surface area contributed by atoms with Crippen molar-refractivity contribution in [3.8, 4) is 11.5 Å². The molecule has 144 valence electrons. The molecule has 0 saturated carbocycles. The van der Waals surface area contributed by atoms with Crippen LogP contribution in [0.1, 0.15) is 5.56 Å². The van der Waals surface area contributed by atoms with Crippen LogP contribution in [0, 0.1) is 6.92 Å². The minimum Gasteiger partial charge on any atom is -0.457 e. The lowest BCUT2D eigenvalue weighted by molar-refractivity contribution is -0.117. The molecule has 1 heterocycles. The lowest BCUT2D eigenvalue weighted by Crippen LogP contribution is -2.29. The minimum atomic E-state index is -0.331. The predicted octanol–water partition coefficient (Wildman–Crippen LogP) is 4.14. The number of anilines is 1. The Morgan fingerprint density at radius 3 is 2.59 bits per heavy atom. The van der Waals surface area contributed by atoms with Gasteiger partial charge in [0, 0.05) is 11.1 Å².